The predicted octanol–water partition coefficient (Wildman–Crippen LogP) is 5.45. The van der Waals surface area contributed by atoms with Crippen molar-refractivity contribution in [2.45, 2.75) is 39.7 Å². The van der Waals surface area contributed by atoms with Crippen LogP contribution in [0.15, 0.2) is 36.4 Å². The molecule has 3 rings (SSSR count). The molecule has 1 unspecified atom stereocenters. The number of carbonyl (C=O) groups is 2. The number of halogens is 2. The van der Waals surface area contributed by atoms with Crippen molar-refractivity contribution in [3.63, 3.8) is 0 Å². The van der Waals surface area contributed by atoms with Crippen LogP contribution in [0, 0.1) is 6.92 Å². The van der Waals surface area contributed by atoms with E-state index in [1.165, 1.54) is 6.92 Å². The Labute approximate surface area is 187 Å². The van der Waals surface area contributed by atoms with Gasteiger partial charge in [-0.3, -0.25) is 9.59 Å². The monoisotopic (exact) mass is 447 g/mol. The summed E-state index contributed by atoms with van der Waals surface area (Å²) < 4.78 is 0. The third-order valence-corrected chi connectivity index (χ3v) is 6.34. The van der Waals surface area contributed by atoms with Crippen LogP contribution in [-0.2, 0) is 9.59 Å². The van der Waals surface area contributed by atoms with Crippen LogP contribution in [0.25, 0.3) is 0 Å². The first-order valence-electron chi connectivity index (χ1n) is 10.1. The zero-order valence-electron chi connectivity index (χ0n) is 17.5. The van der Waals surface area contributed by atoms with E-state index in [0.717, 1.165) is 42.7 Å². The minimum atomic E-state index is -0.231. The number of amides is 2. The Hall–Kier alpha value is -2.08. The molecule has 1 aliphatic heterocycles. The molecule has 0 bridgehead atoms. The Balaban J connectivity index is 2.08. The fraction of sp³-hybridized carbons (Fsp3) is 0.391. The van der Waals surface area contributed by atoms with Gasteiger partial charge in [0, 0.05) is 31.8 Å². The van der Waals surface area contributed by atoms with Crippen LogP contribution in [0.2, 0.25) is 10.0 Å². The highest BCUT2D eigenvalue weighted by Crippen LogP contribution is 2.37. The number of likely N-dealkylation sites (tertiary alicyclic amines) is 1. The van der Waals surface area contributed by atoms with Crippen LogP contribution in [0.4, 0.5) is 11.4 Å². The van der Waals surface area contributed by atoms with E-state index in [1.807, 2.05) is 37.3 Å². The maximum atomic E-state index is 12.9. The van der Waals surface area contributed by atoms with E-state index in [-0.39, 0.29) is 17.9 Å². The van der Waals surface area contributed by atoms with Gasteiger partial charge in [-0.15, -0.1) is 0 Å². The fourth-order valence-electron chi connectivity index (χ4n) is 4.03. The van der Waals surface area contributed by atoms with E-state index in [4.69, 9.17) is 23.2 Å². The zero-order chi connectivity index (χ0) is 21.8. The molecular weight excluding hydrogens is 421 g/mol. The Morgan fingerprint density at radius 1 is 1.13 bits per heavy atom. The first-order valence-corrected chi connectivity index (χ1v) is 10.9. The topological polar surface area (TPSA) is 52.7 Å². The number of rotatable bonds is 6. The average molecular weight is 448 g/mol. The summed E-state index contributed by atoms with van der Waals surface area (Å²) in [6.45, 7) is 7.64. The number of anilines is 2. The van der Waals surface area contributed by atoms with Crippen LogP contribution in [0.3, 0.4) is 0 Å². The largest absolute Gasteiger partial charge is 0.326 e. The zero-order valence-corrected chi connectivity index (χ0v) is 19.1. The van der Waals surface area contributed by atoms with Crippen LogP contribution in [-0.4, -0.2) is 36.3 Å². The van der Waals surface area contributed by atoms with Gasteiger partial charge in [0.05, 0.1) is 16.1 Å². The van der Waals surface area contributed by atoms with Crippen molar-refractivity contribution in [2.75, 3.05) is 29.9 Å². The summed E-state index contributed by atoms with van der Waals surface area (Å²) in [5.74, 6) is -0.211. The molecule has 1 N–H and O–H groups in total. The van der Waals surface area contributed by atoms with E-state index < -0.39 is 0 Å². The minimum absolute atomic E-state index is 0.0781. The molecule has 1 fully saturated rings. The second-order valence-electron chi connectivity index (χ2n) is 7.72. The van der Waals surface area contributed by atoms with Gasteiger partial charge in [0.1, 0.15) is 0 Å². The van der Waals surface area contributed by atoms with Gasteiger partial charge in [0.2, 0.25) is 11.8 Å². The first-order chi connectivity index (χ1) is 14.3. The summed E-state index contributed by atoms with van der Waals surface area (Å²) in [6.07, 6.45) is 2.31. The standard InChI is InChI=1S/C23H27Cl2N3O2/c1-15-21(10-9-20(24)23(15)25)28(17(3)30)22(14-27-11-4-5-12-27)18-7-6-8-19(13-18)26-16(2)29/h6-10,13,22H,4-5,11-12,14H2,1-3H3,(H,26,29). The summed E-state index contributed by atoms with van der Waals surface area (Å²) in [6, 6.07) is 11.0. The van der Waals surface area contributed by atoms with E-state index in [2.05, 4.69) is 10.2 Å². The molecule has 5 nitrogen and oxygen atoms in total. The molecule has 0 aromatic heterocycles. The average Bonchev–Trinajstić information content (AvgIpc) is 3.20. The number of nitrogens with zero attached hydrogens (tertiary/aromatic N) is 2. The van der Waals surface area contributed by atoms with Gasteiger partial charge in [-0.25, -0.2) is 0 Å². The third kappa shape index (κ3) is 5.15. The number of carbonyl (C=O) groups excluding carboxylic acids is 2. The molecule has 0 saturated carbocycles. The summed E-state index contributed by atoms with van der Waals surface area (Å²) >= 11 is 12.6. The lowest BCUT2D eigenvalue weighted by Gasteiger charge is -2.35. The van der Waals surface area contributed by atoms with Crippen molar-refractivity contribution >= 4 is 46.4 Å². The third-order valence-electron chi connectivity index (χ3n) is 5.44. The highest BCUT2D eigenvalue weighted by molar-refractivity contribution is 6.42. The number of hydrogen-bond acceptors (Lipinski definition) is 3. The van der Waals surface area contributed by atoms with Crippen LogP contribution < -0.4 is 10.2 Å². The fourth-order valence-corrected chi connectivity index (χ4v) is 4.40. The molecule has 0 radical (unpaired) electrons. The van der Waals surface area contributed by atoms with Gasteiger partial charge in [-0.05, 0) is 68.2 Å². The normalized spacial score (nSPS) is 15.1. The molecule has 0 aliphatic carbocycles. The minimum Gasteiger partial charge on any atom is -0.326 e. The number of nitrogens with one attached hydrogen (secondary N) is 1. The number of benzene rings is 2. The summed E-state index contributed by atoms with van der Waals surface area (Å²) in [4.78, 5) is 28.6. The van der Waals surface area contributed by atoms with E-state index in [0.29, 0.717) is 22.3 Å². The van der Waals surface area contributed by atoms with Crippen molar-refractivity contribution < 1.29 is 9.59 Å². The summed E-state index contributed by atoms with van der Waals surface area (Å²) in [5, 5.41) is 3.75. The van der Waals surface area contributed by atoms with Gasteiger partial charge in [0.25, 0.3) is 0 Å². The van der Waals surface area contributed by atoms with Crippen molar-refractivity contribution in [1.82, 2.24) is 4.90 Å². The van der Waals surface area contributed by atoms with Crippen LogP contribution in [0.5, 0.6) is 0 Å². The van der Waals surface area contributed by atoms with Crippen molar-refractivity contribution in [3.8, 4) is 0 Å². The number of hydrogen-bond donors (Lipinski definition) is 1. The summed E-state index contributed by atoms with van der Waals surface area (Å²) in [5.41, 5.74) is 3.17. The molecule has 1 atom stereocenters. The van der Waals surface area contributed by atoms with Crippen molar-refractivity contribution in [2.24, 2.45) is 0 Å². The molecule has 0 spiro atoms. The molecule has 2 aromatic rings. The quantitative estimate of drug-likeness (QED) is 0.640. The molecule has 1 aliphatic rings. The molecule has 2 amide bonds. The smallest absolute Gasteiger partial charge is 0.224 e. The van der Waals surface area contributed by atoms with Gasteiger partial charge >= 0.3 is 0 Å². The molecule has 160 valence electrons. The Morgan fingerprint density at radius 2 is 1.83 bits per heavy atom. The molecule has 1 heterocycles. The van der Waals surface area contributed by atoms with Gasteiger partial charge in [0.15, 0.2) is 0 Å². The van der Waals surface area contributed by atoms with Gasteiger partial charge in [-0.1, -0.05) is 35.3 Å². The maximum absolute atomic E-state index is 12.9. The second-order valence-corrected chi connectivity index (χ2v) is 8.51. The molecule has 1 saturated heterocycles. The lowest BCUT2D eigenvalue weighted by atomic mass is 10.0. The maximum Gasteiger partial charge on any atom is 0.224 e. The van der Waals surface area contributed by atoms with Crippen LogP contribution in [0.1, 0.15) is 43.9 Å². The lowest BCUT2D eigenvalue weighted by molar-refractivity contribution is -0.117. The highest BCUT2D eigenvalue weighted by Gasteiger charge is 2.29. The van der Waals surface area contributed by atoms with E-state index >= 15 is 0 Å². The molecule has 30 heavy (non-hydrogen) atoms. The van der Waals surface area contributed by atoms with Gasteiger partial charge < -0.3 is 15.1 Å². The first kappa shape index (κ1) is 22.6. The van der Waals surface area contributed by atoms with Crippen molar-refractivity contribution in [1.29, 1.82) is 0 Å². The highest BCUT2D eigenvalue weighted by atomic mass is 35.5. The van der Waals surface area contributed by atoms with Crippen molar-refractivity contribution in [3.05, 3.63) is 57.6 Å². The Bertz CT molecular complexity index is 942. The molecule has 2 aromatic carbocycles. The van der Waals surface area contributed by atoms with Crippen LogP contribution >= 0.6 is 23.2 Å². The summed E-state index contributed by atoms with van der Waals surface area (Å²) in [7, 11) is 0. The van der Waals surface area contributed by atoms with E-state index in [1.54, 1.807) is 17.9 Å². The SMILES string of the molecule is CC(=O)Nc1cccc(C(CN2CCCC2)N(C(C)=O)c2ccc(Cl)c(Cl)c2C)c1. The predicted molar refractivity (Wildman–Crippen MR) is 124 cm³/mol. The molecule has 7 heteroatoms. The lowest BCUT2D eigenvalue weighted by Crippen LogP contribution is -2.40. The Kier molecular flexibility index (Phi) is 7.40. The Morgan fingerprint density at radius 3 is 2.47 bits per heavy atom. The van der Waals surface area contributed by atoms with E-state index in [9.17, 15) is 9.59 Å². The second kappa shape index (κ2) is 9.82. The van der Waals surface area contributed by atoms with Gasteiger partial charge in [-0.2, -0.15) is 0 Å². The molecular formula is C23H27Cl2N3O2.